The number of alkyl halides is 2. The Bertz CT molecular complexity index is 421. The molecule has 0 atom stereocenters. The van der Waals surface area contributed by atoms with Crippen LogP contribution < -0.4 is 5.72 Å². The number of hydrogen-bond donors (Lipinski definition) is 0. The van der Waals surface area contributed by atoms with Gasteiger partial charge >= 0.3 is 7.12 Å². The van der Waals surface area contributed by atoms with E-state index in [1.807, 2.05) is 27.7 Å². The largest absolute Gasteiger partial charge is 0.536 e. The van der Waals surface area contributed by atoms with Crippen LogP contribution in [0, 0.1) is 0 Å². The van der Waals surface area contributed by atoms with Gasteiger partial charge in [0.1, 0.15) is 12.9 Å². The highest BCUT2D eigenvalue weighted by atomic mass is 19.3. The number of hydrogen-bond acceptors (Lipinski definition) is 4. The van der Waals surface area contributed by atoms with Gasteiger partial charge in [-0.25, -0.2) is 18.4 Å². The van der Waals surface area contributed by atoms with E-state index in [0.29, 0.717) is 0 Å². The van der Waals surface area contributed by atoms with Gasteiger partial charge in [-0.2, -0.15) is 5.10 Å². The molecule has 0 bridgehead atoms. The maximum atomic E-state index is 12.2. The van der Waals surface area contributed by atoms with E-state index in [-0.39, 0.29) is 5.72 Å². The maximum absolute atomic E-state index is 12.2. The molecular formula is C10H16BF2N3O2. The molecule has 0 saturated carbocycles. The van der Waals surface area contributed by atoms with Crippen LogP contribution in [0.4, 0.5) is 8.78 Å². The van der Waals surface area contributed by atoms with Crippen molar-refractivity contribution in [2.24, 2.45) is 0 Å². The zero-order valence-corrected chi connectivity index (χ0v) is 10.9. The molecule has 18 heavy (non-hydrogen) atoms. The van der Waals surface area contributed by atoms with Gasteiger partial charge in [0, 0.05) is 0 Å². The topological polar surface area (TPSA) is 49.2 Å². The Morgan fingerprint density at radius 2 is 1.83 bits per heavy atom. The zero-order chi connectivity index (χ0) is 13.6. The molecule has 1 aliphatic rings. The van der Waals surface area contributed by atoms with E-state index in [4.69, 9.17) is 9.31 Å². The van der Waals surface area contributed by atoms with E-state index in [1.54, 1.807) is 0 Å². The van der Waals surface area contributed by atoms with Crippen LogP contribution in [0.3, 0.4) is 0 Å². The van der Waals surface area contributed by atoms with E-state index in [1.165, 1.54) is 6.33 Å². The Balaban J connectivity index is 2.12. The van der Waals surface area contributed by atoms with Crippen molar-refractivity contribution in [2.75, 3.05) is 0 Å². The summed E-state index contributed by atoms with van der Waals surface area (Å²) in [6.45, 7) is 7.14. The molecule has 0 unspecified atom stereocenters. The highest BCUT2D eigenvalue weighted by Gasteiger charge is 2.53. The average molecular weight is 259 g/mol. The van der Waals surface area contributed by atoms with Crippen molar-refractivity contribution in [3.8, 4) is 0 Å². The van der Waals surface area contributed by atoms with Gasteiger partial charge in [0.2, 0.25) is 0 Å². The van der Waals surface area contributed by atoms with Crippen molar-refractivity contribution < 1.29 is 18.1 Å². The van der Waals surface area contributed by atoms with Gasteiger partial charge in [0.15, 0.2) is 5.72 Å². The third kappa shape index (κ3) is 2.39. The van der Waals surface area contributed by atoms with Crippen molar-refractivity contribution in [1.29, 1.82) is 0 Å². The van der Waals surface area contributed by atoms with Crippen LogP contribution in [0.5, 0.6) is 0 Å². The van der Waals surface area contributed by atoms with Crippen molar-refractivity contribution in [3.63, 3.8) is 0 Å². The summed E-state index contributed by atoms with van der Waals surface area (Å²) < 4.78 is 36.9. The predicted octanol–water partition coefficient (Wildman–Crippen LogP) is 0.842. The third-order valence-electron chi connectivity index (χ3n) is 3.34. The van der Waals surface area contributed by atoms with Crippen LogP contribution in [0.15, 0.2) is 6.33 Å². The fourth-order valence-electron chi connectivity index (χ4n) is 1.59. The Morgan fingerprint density at radius 3 is 2.33 bits per heavy atom. The third-order valence-corrected chi connectivity index (χ3v) is 3.34. The second kappa shape index (κ2) is 4.27. The molecule has 100 valence electrons. The molecular weight excluding hydrogens is 243 g/mol. The van der Waals surface area contributed by atoms with Crippen molar-refractivity contribution >= 4 is 12.8 Å². The second-order valence-corrected chi connectivity index (χ2v) is 5.30. The quantitative estimate of drug-likeness (QED) is 0.755. The van der Waals surface area contributed by atoms with E-state index in [0.717, 1.165) is 4.68 Å². The molecule has 0 aromatic carbocycles. The van der Waals surface area contributed by atoms with E-state index in [2.05, 4.69) is 10.1 Å². The molecule has 0 radical (unpaired) electrons. The summed E-state index contributed by atoms with van der Waals surface area (Å²) in [6, 6.07) is 0. The van der Waals surface area contributed by atoms with Crippen LogP contribution in [-0.2, 0) is 15.9 Å². The van der Waals surface area contributed by atoms with Crippen LogP contribution >= 0.6 is 0 Å². The van der Waals surface area contributed by atoms with Crippen molar-refractivity contribution in [2.45, 2.75) is 51.9 Å². The summed E-state index contributed by atoms with van der Waals surface area (Å²) in [5.41, 5.74) is -0.716. The first-order valence-electron chi connectivity index (χ1n) is 5.74. The lowest BCUT2D eigenvalue weighted by Gasteiger charge is -2.32. The molecule has 8 heteroatoms. The van der Waals surface area contributed by atoms with E-state index < -0.39 is 31.3 Å². The molecule has 1 aromatic rings. The van der Waals surface area contributed by atoms with Crippen LogP contribution in [0.2, 0.25) is 0 Å². The van der Waals surface area contributed by atoms with E-state index in [9.17, 15) is 8.78 Å². The number of nitrogens with zero attached hydrogens (tertiary/aromatic N) is 3. The molecule has 1 saturated heterocycles. The average Bonchev–Trinajstić information content (AvgIpc) is 2.70. The SMILES string of the molecule is CC1(C)OB(c2ncn(CC(F)F)n2)OC1(C)C. The molecule has 1 aliphatic heterocycles. The van der Waals surface area contributed by atoms with Gasteiger partial charge in [-0.1, -0.05) is 0 Å². The smallest absolute Gasteiger partial charge is 0.397 e. The Labute approximate surface area is 105 Å². The van der Waals surface area contributed by atoms with Crippen LogP contribution in [0.25, 0.3) is 0 Å². The predicted molar refractivity (Wildman–Crippen MR) is 61.7 cm³/mol. The lowest BCUT2D eigenvalue weighted by Crippen LogP contribution is -2.41. The first-order chi connectivity index (χ1) is 8.21. The summed E-state index contributed by atoms with van der Waals surface area (Å²) in [4.78, 5) is 3.95. The minimum atomic E-state index is -2.46. The number of halogens is 2. The first-order valence-corrected chi connectivity index (χ1v) is 5.74. The van der Waals surface area contributed by atoms with E-state index >= 15 is 0 Å². The normalized spacial score (nSPS) is 21.8. The summed E-state index contributed by atoms with van der Waals surface area (Å²) >= 11 is 0. The lowest BCUT2D eigenvalue weighted by molar-refractivity contribution is 0.00578. The summed E-state index contributed by atoms with van der Waals surface area (Å²) in [6.07, 6.45) is -1.20. The number of rotatable bonds is 3. The fourth-order valence-corrected chi connectivity index (χ4v) is 1.59. The van der Waals surface area contributed by atoms with Gasteiger partial charge in [0.05, 0.1) is 11.2 Å². The molecule has 0 amide bonds. The van der Waals surface area contributed by atoms with Crippen molar-refractivity contribution in [3.05, 3.63) is 6.33 Å². The minimum absolute atomic E-state index is 0.272. The van der Waals surface area contributed by atoms with Gasteiger partial charge in [-0.05, 0) is 27.7 Å². The Hall–Kier alpha value is -1.02. The molecule has 1 aromatic heterocycles. The molecule has 0 aliphatic carbocycles. The summed E-state index contributed by atoms with van der Waals surface area (Å²) in [5, 5.41) is 3.94. The Kier molecular flexibility index (Phi) is 3.18. The molecule has 1 fully saturated rings. The maximum Gasteiger partial charge on any atom is 0.536 e. The molecule has 0 N–H and O–H groups in total. The van der Waals surface area contributed by atoms with Gasteiger partial charge in [-0.3, -0.25) is 0 Å². The standard InChI is InChI=1S/C10H16BF2N3O2/c1-9(2)10(3,4)18-11(17-9)8-14-6-16(15-8)5-7(12)13/h6-7H,5H2,1-4H3. The van der Waals surface area contributed by atoms with Crippen molar-refractivity contribution in [1.82, 2.24) is 14.8 Å². The molecule has 2 heterocycles. The van der Waals surface area contributed by atoms with Gasteiger partial charge in [-0.15, -0.1) is 0 Å². The zero-order valence-electron chi connectivity index (χ0n) is 10.9. The van der Waals surface area contributed by atoms with Gasteiger partial charge in [0.25, 0.3) is 6.43 Å². The van der Waals surface area contributed by atoms with Gasteiger partial charge < -0.3 is 9.31 Å². The highest BCUT2D eigenvalue weighted by Crippen LogP contribution is 2.36. The molecule has 5 nitrogen and oxygen atoms in total. The fraction of sp³-hybridized carbons (Fsp3) is 0.800. The molecule has 0 spiro atoms. The monoisotopic (exact) mass is 259 g/mol. The first kappa shape index (κ1) is 13.4. The number of aromatic nitrogens is 3. The highest BCUT2D eigenvalue weighted by molar-refractivity contribution is 6.60. The summed E-state index contributed by atoms with van der Waals surface area (Å²) in [5.74, 6) is 0. The summed E-state index contributed by atoms with van der Waals surface area (Å²) in [7, 11) is -0.714. The lowest BCUT2D eigenvalue weighted by atomic mass is 9.90. The molecule has 2 rings (SSSR count). The second-order valence-electron chi connectivity index (χ2n) is 5.30. The van der Waals surface area contributed by atoms with Crippen LogP contribution in [-0.4, -0.2) is 39.5 Å². The van der Waals surface area contributed by atoms with Crippen LogP contribution in [0.1, 0.15) is 27.7 Å². The minimum Gasteiger partial charge on any atom is -0.397 e. The Morgan fingerprint density at radius 1 is 1.28 bits per heavy atom.